The average Bonchev–Trinajstić information content (AvgIpc) is 2.90. The predicted molar refractivity (Wildman–Crippen MR) is 81.7 cm³/mol. The molecule has 0 aliphatic carbocycles. The van der Waals surface area contributed by atoms with Crippen molar-refractivity contribution in [3.05, 3.63) is 52.0 Å². The molecule has 0 fully saturated rings. The number of hydrogen-bond acceptors (Lipinski definition) is 4. The summed E-state index contributed by atoms with van der Waals surface area (Å²) < 4.78 is 2.56. The highest BCUT2D eigenvalue weighted by molar-refractivity contribution is 9.10. The van der Waals surface area contributed by atoms with Gasteiger partial charge in [0.2, 0.25) is 0 Å². The van der Waals surface area contributed by atoms with Crippen molar-refractivity contribution >= 4 is 33.2 Å². The lowest BCUT2D eigenvalue weighted by Crippen LogP contribution is -2.01. The molecule has 0 aliphatic rings. The van der Waals surface area contributed by atoms with E-state index < -0.39 is 0 Å². The molecule has 5 nitrogen and oxygen atoms in total. The van der Waals surface area contributed by atoms with Crippen LogP contribution in [0.2, 0.25) is 5.02 Å². The molecule has 0 unspecified atom stereocenters. The smallest absolute Gasteiger partial charge is 0.189 e. The van der Waals surface area contributed by atoms with Crippen LogP contribution in [0.25, 0.3) is 17.1 Å². The van der Waals surface area contributed by atoms with Crippen LogP contribution < -0.4 is 5.73 Å². The minimum Gasteiger partial charge on any atom is -0.398 e. The van der Waals surface area contributed by atoms with Crippen LogP contribution in [0.5, 0.6) is 0 Å². The maximum atomic E-state index is 6.02. The van der Waals surface area contributed by atoms with E-state index in [-0.39, 0.29) is 0 Å². The second kappa shape index (κ2) is 5.22. The van der Waals surface area contributed by atoms with Crippen molar-refractivity contribution in [1.82, 2.24) is 20.2 Å². The molecule has 1 heterocycles. The summed E-state index contributed by atoms with van der Waals surface area (Å²) >= 11 is 9.44. The Labute approximate surface area is 128 Å². The number of rotatable bonds is 2. The number of anilines is 1. The number of tetrazole rings is 1. The third-order valence-electron chi connectivity index (χ3n) is 2.78. The minimum atomic E-state index is 0.545. The third-order valence-corrected chi connectivity index (χ3v) is 3.51. The molecule has 100 valence electrons. The molecule has 0 aliphatic heterocycles. The Bertz CT molecular complexity index is 771. The first-order valence-electron chi connectivity index (χ1n) is 5.75. The lowest BCUT2D eigenvalue weighted by atomic mass is 10.1. The van der Waals surface area contributed by atoms with E-state index in [1.54, 1.807) is 22.9 Å². The molecule has 3 rings (SSSR count). The standard InChI is InChI=1S/C13H9BrClN5/c14-8-2-1-3-10(6-8)20-13(17-18-19-20)11-7-9(15)4-5-12(11)16/h1-7H,16H2. The highest BCUT2D eigenvalue weighted by atomic mass is 79.9. The van der Waals surface area contributed by atoms with E-state index in [1.165, 1.54) is 0 Å². The summed E-state index contributed by atoms with van der Waals surface area (Å²) in [6.45, 7) is 0. The van der Waals surface area contributed by atoms with Crippen LogP contribution in [-0.4, -0.2) is 20.2 Å². The molecule has 0 saturated heterocycles. The first-order valence-corrected chi connectivity index (χ1v) is 6.92. The normalized spacial score (nSPS) is 10.7. The van der Waals surface area contributed by atoms with Crippen molar-refractivity contribution in [2.45, 2.75) is 0 Å². The number of nitrogens with zero attached hydrogens (tertiary/aromatic N) is 4. The van der Waals surface area contributed by atoms with Crippen molar-refractivity contribution in [1.29, 1.82) is 0 Å². The van der Waals surface area contributed by atoms with Gasteiger partial charge in [-0.05, 0) is 46.8 Å². The molecular weight excluding hydrogens is 342 g/mol. The van der Waals surface area contributed by atoms with E-state index in [0.717, 1.165) is 10.2 Å². The first-order chi connectivity index (χ1) is 9.65. The number of aromatic nitrogens is 4. The van der Waals surface area contributed by atoms with Crippen LogP contribution >= 0.6 is 27.5 Å². The van der Waals surface area contributed by atoms with Gasteiger partial charge in [-0.25, -0.2) is 0 Å². The number of nitrogen functional groups attached to an aromatic ring is 1. The van der Waals surface area contributed by atoms with Crippen LogP contribution in [0.4, 0.5) is 5.69 Å². The Balaban J connectivity index is 2.18. The predicted octanol–water partition coefficient (Wildman–Crippen LogP) is 3.33. The van der Waals surface area contributed by atoms with Gasteiger partial charge in [0.25, 0.3) is 0 Å². The Morgan fingerprint density at radius 2 is 2.00 bits per heavy atom. The molecule has 0 atom stereocenters. The quantitative estimate of drug-likeness (QED) is 0.720. The van der Waals surface area contributed by atoms with Gasteiger partial charge in [0.05, 0.1) is 5.69 Å². The molecule has 1 aromatic heterocycles. The number of hydrogen-bond donors (Lipinski definition) is 1. The van der Waals surface area contributed by atoms with Gasteiger partial charge in [-0.3, -0.25) is 0 Å². The zero-order valence-corrected chi connectivity index (χ0v) is 12.5. The molecule has 7 heteroatoms. The van der Waals surface area contributed by atoms with E-state index in [2.05, 4.69) is 31.5 Å². The summed E-state index contributed by atoms with van der Waals surface area (Å²) in [5.41, 5.74) is 8.08. The maximum Gasteiger partial charge on any atom is 0.189 e. The summed E-state index contributed by atoms with van der Waals surface area (Å²) in [7, 11) is 0. The minimum absolute atomic E-state index is 0.545. The van der Waals surface area contributed by atoms with Gasteiger partial charge in [-0.2, -0.15) is 4.68 Å². The number of benzene rings is 2. The first kappa shape index (κ1) is 13.1. The van der Waals surface area contributed by atoms with Crippen LogP contribution in [0.15, 0.2) is 46.9 Å². The van der Waals surface area contributed by atoms with E-state index in [9.17, 15) is 0 Å². The highest BCUT2D eigenvalue weighted by Crippen LogP contribution is 2.28. The van der Waals surface area contributed by atoms with Crippen molar-refractivity contribution in [2.75, 3.05) is 5.73 Å². The van der Waals surface area contributed by atoms with E-state index in [0.29, 0.717) is 22.1 Å². The summed E-state index contributed by atoms with van der Waals surface area (Å²) in [6.07, 6.45) is 0. The van der Waals surface area contributed by atoms with E-state index >= 15 is 0 Å². The van der Waals surface area contributed by atoms with Crippen molar-refractivity contribution in [3.63, 3.8) is 0 Å². The van der Waals surface area contributed by atoms with Gasteiger partial charge in [-0.1, -0.05) is 33.6 Å². The second-order valence-corrected chi connectivity index (χ2v) is 5.48. The Morgan fingerprint density at radius 1 is 1.15 bits per heavy atom. The summed E-state index contributed by atoms with van der Waals surface area (Å²) in [4.78, 5) is 0. The van der Waals surface area contributed by atoms with Crippen molar-refractivity contribution in [2.24, 2.45) is 0 Å². The van der Waals surface area contributed by atoms with E-state index in [1.807, 2.05) is 24.3 Å². The highest BCUT2D eigenvalue weighted by Gasteiger charge is 2.14. The van der Waals surface area contributed by atoms with E-state index in [4.69, 9.17) is 17.3 Å². The lowest BCUT2D eigenvalue weighted by molar-refractivity contribution is 0.791. The van der Waals surface area contributed by atoms with Gasteiger partial charge in [0, 0.05) is 20.7 Å². The van der Waals surface area contributed by atoms with Crippen molar-refractivity contribution in [3.8, 4) is 17.1 Å². The fraction of sp³-hybridized carbons (Fsp3) is 0. The maximum absolute atomic E-state index is 6.02. The Kier molecular flexibility index (Phi) is 3.42. The molecule has 20 heavy (non-hydrogen) atoms. The topological polar surface area (TPSA) is 69.6 Å². The molecule has 3 aromatic rings. The van der Waals surface area contributed by atoms with Gasteiger partial charge < -0.3 is 5.73 Å². The molecular formula is C13H9BrClN5. The van der Waals surface area contributed by atoms with Crippen LogP contribution in [0.1, 0.15) is 0 Å². The molecule has 0 spiro atoms. The molecule has 0 amide bonds. The van der Waals surface area contributed by atoms with Gasteiger partial charge in [0.15, 0.2) is 5.82 Å². The summed E-state index contributed by atoms with van der Waals surface area (Å²) in [6, 6.07) is 12.9. The Hall–Kier alpha value is -1.92. The second-order valence-electron chi connectivity index (χ2n) is 4.13. The lowest BCUT2D eigenvalue weighted by Gasteiger charge is -2.07. The SMILES string of the molecule is Nc1ccc(Cl)cc1-c1nnnn1-c1cccc(Br)c1. The van der Waals surface area contributed by atoms with Gasteiger partial charge in [-0.15, -0.1) is 5.10 Å². The van der Waals surface area contributed by atoms with Crippen LogP contribution in [-0.2, 0) is 0 Å². The monoisotopic (exact) mass is 349 g/mol. The molecule has 2 aromatic carbocycles. The zero-order chi connectivity index (χ0) is 14.1. The van der Waals surface area contributed by atoms with Crippen molar-refractivity contribution < 1.29 is 0 Å². The zero-order valence-electron chi connectivity index (χ0n) is 10.2. The van der Waals surface area contributed by atoms with Crippen LogP contribution in [0, 0.1) is 0 Å². The fourth-order valence-electron chi connectivity index (χ4n) is 1.86. The average molecular weight is 351 g/mol. The largest absolute Gasteiger partial charge is 0.398 e. The van der Waals surface area contributed by atoms with Gasteiger partial charge >= 0.3 is 0 Å². The fourth-order valence-corrected chi connectivity index (χ4v) is 2.42. The number of halogens is 2. The summed E-state index contributed by atoms with van der Waals surface area (Å²) in [5, 5.41) is 12.4. The molecule has 0 radical (unpaired) electrons. The Morgan fingerprint density at radius 3 is 2.80 bits per heavy atom. The molecule has 2 N–H and O–H groups in total. The van der Waals surface area contributed by atoms with Crippen LogP contribution in [0.3, 0.4) is 0 Å². The third kappa shape index (κ3) is 2.39. The molecule has 0 saturated carbocycles. The molecule has 0 bridgehead atoms. The summed E-state index contributed by atoms with van der Waals surface area (Å²) in [5.74, 6) is 0.545. The van der Waals surface area contributed by atoms with Gasteiger partial charge in [0.1, 0.15) is 0 Å². The number of nitrogens with two attached hydrogens (primary N) is 1.